The second kappa shape index (κ2) is 8.36. The standard InChI is InChI=1S/C12H22N2O.C2HF3O2/c1-11(15)14-8-4-5-12(10-14)9-13-6-2-3-7-13;3-2(4,5)1(6)7/h12H,2-10H2,1H3;(H,6,7). The zero-order valence-electron chi connectivity index (χ0n) is 12.7. The fourth-order valence-corrected chi connectivity index (χ4v) is 2.83. The number of hydrogen-bond acceptors (Lipinski definition) is 3. The smallest absolute Gasteiger partial charge is 0.475 e. The number of nitrogens with zero attached hydrogens (tertiary/aromatic N) is 2. The molecule has 0 spiro atoms. The maximum atomic E-state index is 11.3. The van der Waals surface area contributed by atoms with Gasteiger partial charge in [-0.05, 0) is 44.7 Å². The van der Waals surface area contributed by atoms with Gasteiger partial charge in [0.05, 0.1) is 0 Å². The highest BCUT2D eigenvalue weighted by molar-refractivity contribution is 5.73. The summed E-state index contributed by atoms with van der Waals surface area (Å²) >= 11 is 0. The number of rotatable bonds is 2. The predicted octanol–water partition coefficient (Wildman–Crippen LogP) is 1.97. The number of carbonyl (C=O) groups is 2. The third-order valence-corrected chi connectivity index (χ3v) is 3.92. The zero-order chi connectivity index (χ0) is 16.8. The van der Waals surface area contributed by atoms with E-state index in [9.17, 15) is 18.0 Å². The van der Waals surface area contributed by atoms with Gasteiger partial charge < -0.3 is 14.9 Å². The van der Waals surface area contributed by atoms with Crippen LogP contribution in [-0.4, -0.2) is 65.7 Å². The molecule has 0 saturated carbocycles. The van der Waals surface area contributed by atoms with E-state index in [1.807, 2.05) is 4.90 Å². The summed E-state index contributed by atoms with van der Waals surface area (Å²) in [6.45, 7) is 7.42. The maximum absolute atomic E-state index is 11.3. The Labute approximate surface area is 128 Å². The van der Waals surface area contributed by atoms with Gasteiger partial charge in [-0.2, -0.15) is 13.2 Å². The van der Waals surface area contributed by atoms with Crippen molar-refractivity contribution in [1.29, 1.82) is 0 Å². The number of amides is 1. The summed E-state index contributed by atoms with van der Waals surface area (Å²) in [7, 11) is 0. The van der Waals surface area contributed by atoms with E-state index in [0.29, 0.717) is 0 Å². The van der Waals surface area contributed by atoms with Gasteiger partial charge in [0.2, 0.25) is 5.91 Å². The van der Waals surface area contributed by atoms with Crippen LogP contribution in [0.2, 0.25) is 0 Å². The second-order valence-corrected chi connectivity index (χ2v) is 5.78. The van der Waals surface area contributed by atoms with Crippen molar-refractivity contribution in [2.75, 3.05) is 32.7 Å². The summed E-state index contributed by atoms with van der Waals surface area (Å²) in [6.07, 6.45) is 0.144. The van der Waals surface area contributed by atoms with Crippen molar-refractivity contribution in [3.63, 3.8) is 0 Å². The summed E-state index contributed by atoms with van der Waals surface area (Å²) in [4.78, 5) is 24.8. The normalized spacial score (nSPS) is 22.9. The van der Waals surface area contributed by atoms with Crippen molar-refractivity contribution >= 4 is 11.9 Å². The van der Waals surface area contributed by atoms with E-state index in [0.717, 1.165) is 19.0 Å². The van der Waals surface area contributed by atoms with Crippen LogP contribution in [-0.2, 0) is 9.59 Å². The van der Waals surface area contributed by atoms with Gasteiger partial charge in [0.25, 0.3) is 0 Å². The summed E-state index contributed by atoms with van der Waals surface area (Å²) < 4.78 is 31.7. The van der Waals surface area contributed by atoms with Crippen molar-refractivity contribution in [1.82, 2.24) is 9.80 Å². The van der Waals surface area contributed by atoms with Crippen LogP contribution in [0.4, 0.5) is 13.2 Å². The van der Waals surface area contributed by atoms with Crippen molar-refractivity contribution in [3.8, 4) is 0 Å². The Morgan fingerprint density at radius 2 is 1.68 bits per heavy atom. The van der Waals surface area contributed by atoms with Crippen molar-refractivity contribution in [2.24, 2.45) is 5.92 Å². The van der Waals surface area contributed by atoms with Gasteiger partial charge in [-0.1, -0.05) is 0 Å². The third-order valence-electron chi connectivity index (χ3n) is 3.92. The van der Waals surface area contributed by atoms with Gasteiger partial charge in [-0.15, -0.1) is 0 Å². The molecule has 2 heterocycles. The number of alkyl halides is 3. The monoisotopic (exact) mass is 324 g/mol. The summed E-state index contributed by atoms with van der Waals surface area (Å²) in [5, 5.41) is 7.12. The first-order chi connectivity index (χ1) is 10.2. The van der Waals surface area contributed by atoms with Gasteiger partial charge in [0, 0.05) is 26.6 Å². The molecule has 1 unspecified atom stereocenters. The van der Waals surface area contributed by atoms with Gasteiger partial charge in [0.15, 0.2) is 0 Å². The topological polar surface area (TPSA) is 60.9 Å². The van der Waals surface area contributed by atoms with Crippen LogP contribution in [0.5, 0.6) is 0 Å². The largest absolute Gasteiger partial charge is 0.490 e. The Balaban J connectivity index is 0.000000295. The first-order valence-corrected chi connectivity index (χ1v) is 7.48. The van der Waals surface area contributed by atoms with E-state index in [4.69, 9.17) is 9.90 Å². The van der Waals surface area contributed by atoms with Crippen LogP contribution >= 0.6 is 0 Å². The molecule has 8 heteroatoms. The zero-order valence-corrected chi connectivity index (χ0v) is 12.7. The van der Waals surface area contributed by atoms with Crippen LogP contribution < -0.4 is 0 Å². The predicted molar refractivity (Wildman–Crippen MR) is 74.3 cm³/mol. The average molecular weight is 324 g/mol. The number of carboxylic acid groups (broad SMARTS) is 1. The minimum absolute atomic E-state index is 0.251. The minimum Gasteiger partial charge on any atom is -0.475 e. The second-order valence-electron chi connectivity index (χ2n) is 5.78. The highest BCUT2D eigenvalue weighted by atomic mass is 19.4. The number of carbonyl (C=O) groups excluding carboxylic acids is 1. The van der Waals surface area contributed by atoms with Crippen molar-refractivity contribution in [3.05, 3.63) is 0 Å². The lowest BCUT2D eigenvalue weighted by atomic mass is 9.97. The number of aliphatic carboxylic acids is 1. The van der Waals surface area contributed by atoms with Crippen LogP contribution in [0.1, 0.15) is 32.6 Å². The van der Waals surface area contributed by atoms with Crippen LogP contribution in [0.15, 0.2) is 0 Å². The van der Waals surface area contributed by atoms with E-state index >= 15 is 0 Å². The molecular weight excluding hydrogens is 301 g/mol. The van der Waals surface area contributed by atoms with E-state index in [2.05, 4.69) is 4.90 Å². The lowest BCUT2D eigenvalue weighted by Gasteiger charge is -2.34. The van der Waals surface area contributed by atoms with Gasteiger partial charge >= 0.3 is 12.1 Å². The SMILES string of the molecule is CC(=O)N1CCCC(CN2CCCC2)C1.O=C(O)C(F)(F)F. The fraction of sp³-hybridized carbons (Fsp3) is 0.857. The first kappa shape index (κ1) is 18.7. The Hall–Kier alpha value is -1.31. The molecule has 0 aliphatic carbocycles. The summed E-state index contributed by atoms with van der Waals surface area (Å²) in [5.41, 5.74) is 0. The van der Waals surface area contributed by atoms with Crippen molar-refractivity contribution < 1.29 is 27.9 Å². The molecule has 0 aromatic rings. The maximum Gasteiger partial charge on any atom is 0.490 e. The Morgan fingerprint density at radius 1 is 1.14 bits per heavy atom. The van der Waals surface area contributed by atoms with E-state index in [1.165, 1.54) is 45.3 Å². The first-order valence-electron chi connectivity index (χ1n) is 7.48. The Kier molecular flexibility index (Phi) is 7.12. The molecular formula is C14H23F3N2O3. The summed E-state index contributed by atoms with van der Waals surface area (Å²) in [6, 6.07) is 0. The highest BCUT2D eigenvalue weighted by Crippen LogP contribution is 2.19. The molecule has 0 aromatic carbocycles. The number of halogens is 3. The molecule has 2 rings (SSSR count). The molecule has 128 valence electrons. The average Bonchev–Trinajstić information content (AvgIpc) is 2.91. The molecule has 5 nitrogen and oxygen atoms in total. The van der Waals surface area contributed by atoms with Gasteiger partial charge in [-0.3, -0.25) is 4.79 Å². The Bertz CT molecular complexity index is 382. The molecule has 22 heavy (non-hydrogen) atoms. The molecule has 2 fully saturated rings. The van der Waals surface area contributed by atoms with Crippen LogP contribution in [0.25, 0.3) is 0 Å². The van der Waals surface area contributed by atoms with E-state index < -0.39 is 12.1 Å². The Morgan fingerprint density at radius 3 is 2.14 bits per heavy atom. The number of likely N-dealkylation sites (tertiary alicyclic amines) is 2. The van der Waals surface area contributed by atoms with E-state index in [1.54, 1.807) is 6.92 Å². The lowest BCUT2D eigenvalue weighted by molar-refractivity contribution is -0.192. The lowest BCUT2D eigenvalue weighted by Crippen LogP contribution is -2.42. The molecule has 1 atom stereocenters. The fourth-order valence-electron chi connectivity index (χ4n) is 2.83. The quantitative estimate of drug-likeness (QED) is 0.844. The number of piperidine rings is 1. The van der Waals surface area contributed by atoms with Gasteiger partial charge in [-0.25, -0.2) is 4.79 Å². The van der Waals surface area contributed by atoms with Crippen molar-refractivity contribution in [2.45, 2.75) is 38.8 Å². The molecule has 0 aromatic heterocycles. The third kappa shape index (κ3) is 6.64. The van der Waals surface area contributed by atoms with Crippen LogP contribution in [0.3, 0.4) is 0 Å². The minimum atomic E-state index is -5.08. The molecule has 1 amide bonds. The van der Waals surface area contributed by atoms with Crippen LogP contribution in [0, 0.1) is 5.92 Å². The van der Waals surface area contributed by atoms with E-state index in [-0.39, 0.29) is 5.91 Å². The highest BCUT2D eigenvalue weighted by Gasteiger charge is 2.38. The number of carboxylic acids is 1. The molecule has 2 aliphatic heterocycles. The molecule has 2 aliphatic rings. The number of hydrogen-bond donors (Lipinski definition) is 1. The molecule has 0 bridgehead atoms. The van der Waals surface area contributed by atoms with Gasteiger partial charge in [0.1, 0.15) is 0 Å². The molecule has 2 saturated heterocycles. The molecule has 1 N–H and O–H groups in total. The molecule has 0 radical (unpaired) electrons. The summed E-state index contributed by atoms with van der Waals surface area (Å²) in [5.74, 6) is -1.78.